The number of rotatable bonds is 5. The Bertz CT molecular complexity index is 1280. The molecular weight excluding hydrogens is 450 g/mol. The quantitative estimate of drug-likeness (QED) is 0.409. The second-order valence-electron chi connectivity index (χ2n) is 9.83. The number of fused-ring (bicyclic) bond motifs is 5. The van der Waals surface area contributed by atoms with Gasteiger partial charge in [-0.3, -0.25) is 4.90 Å². The van der Waals surface area contributed by atoms with Crippen LogP contribution in [-0.4, -0.2) is 43.9 Å². The van der Waals surface area contributed by atoms with Gasteiger partial charge in [0, 0.05) is 12.0 Å². The lowest BCUT2D eigenvalue weighted by Crippen LogP contribution is -2.51. The van der Waals surface area contributed by atoms with E-state index in [1.54, 1.807) is 14.2 Å². The topological polar surface area (TPSA) is 48.0 Å². The zero-order valence-electron chi connectivity index (χ0n) is 20.8. The molecule has 2 bridgehead atoms. The monoisotopic (exact) mass is 481 g/mol. The lowest BCUT2D eigenvalue weighted by atomic mass is 9.83. The molecule has 184 valence electrons. The molecular formula is C31H31NO4. The molecule has 0 radical (unpaired) electrons. The summed E-state index contributed by atoms with van der Waals surface area (Å²) < 4.78 is 17.0. The number of carbonyl (C=O) groups is 1. The molecule has 3 aliphatic rings. The fourth-order valence-electron chi connectivity index (χ4n) is 6.23. The second kappa shape index (κ2) is 9.38. The predicted octanol–water partition coefficient (Wildman–Crippen LogP) is 6.66. The fraction of sp³-hybridized carbons (Fsp3) is 0.323. The lowest BCUT2D eigenvalue weighted by Gasteiger charge is -2.44. The molecule has 6 rings (SSSR count). The number of nitrogens with zero attached hydrogens (tertiary/aromatic N) is 1. The van der Waals surface area contributed by atoms with E-state index < -0.39 is 0 Å². The van der Waals surface area contributed by atoms with Gasteiger partial charge in [-0.25, -0.2) is 4.79 Å². The van der Waals surface area contributed by atoms with Crippen LogP contribution < -0.4 is 9.47 Å². The van der Waals surface area contributed by atoms with Crippen molar-refractivity contribution >= 4 is 11.7 Å². The van der Waals surface area contributed by atoms with Gasteiger partial charge >= 0.3 is 6.09 Å². The molecule has 3 aromatic carbocycles. The lowest BCUT2D eigenvalue weighted by molar-refractivity contribution is 0.0539. The molecule has 0 aromatic heterocycles. The summed E-state index contributed by atoms with van der Waals surface area (Å²) in [4.78, 5) is 15.4. The highest BCUT2D eigenvalue weighted by atomic mass is 16.6. The standard InChI is InChI=1S/C31H31NO4/c1-34-29-15-14-20(18-30(29)35-2)21-16-22-8-7-9-23(17-21)32(22)31(33)36-19-28-26-12-5-3-10-24(26)25-11-4-6-13-27(25)28/h3-6,10-16,18,22-23,28H,7-9,17,19H2,1-2H3. The Kier molecular flexibility index (Phi) is 5.92. The van der Waals surface area contributed by atoms with E-state index in [0.717, 1.165) is 42.7 Å². The highest BCUT2D eigenvalue weighted by Crippen LogP contribution is 2.45. The van der Waals surface area contributed by atoms with E-state index in [-0.39, 0.29) is 24.1 Å². The average molecular weight is 482 g/mol. The molecule has 1 aliphatic carbocycles. The number of methoxy groups -OCH3 is 2. The number of hydrogen-bond acceptors (Lipinski definition) is 4. The van der Waals surface area contributed by atoms with E-state index >= 15 is 0 Å². The van der Waals surface area contributed by atoms with Crippen LogP contribution in [0.1, 0.15) is 48.3 Å². The Morgan fingerprint density at radius 3 is 2.25 bits per heavy atom. The summed E-state index contributed by atoms with van der Waals surface area (Å²) in [6.07, 6.45) is 5.93. The van der Waals surface area contributed by atoms with E-state index in [4.69, 9.17) is 14.2 Å². The maximum atomic E-state index is 13.5. The minimum absolute atomic E-state index is 0.0521. The van der Waals surface area contributed by atoms with Crippen molar-refractivity contribution in [1.29, 1.82) is 0 Å². The molecule has 3 aromatic rings. The largest absolute Gasteiger partial charge is 0.493 e. The molecule has 2 heterocycles. The van der Waals surface area contributed by atoms with Crippen molar-refractivity contribution in [1.82, 2.24) is 4.90 Å². The van der Waals surface area contributed by atoms with Gasteiger partial charge in [0.15, 0.2) is 11.5 Å². The van der Waals surface area contributed by atoms with E-state index in [2.05, 4.69) is 60.7 Å². The Hall–Kier alpha value is -3.73. The third-order valence-corrected chi connectivity index (χ3v) is 7.94. The van der Waals surface area contributed by atoms with E-state index in [1.807, 2.05) is 17.0 Å². The second-order valence-corrected chi connectivity index (χ2v) is 9.83. The van der Waals surface area contributed by atoms with Crippen LogP contribution in [0.4, 0.5) is 4.79 Å². The molecule has 5 nitrogen and oxygen atoms in total. The minimum atomic E-state index is -0.200. The summed E-state index contributed by atoms with van der Waals surface area (Å²) in [6, 6.07) is 23.1. The number of benzene rings is 3. The smallest absolute Gasteiger partial charge is 0.410 e. The van der Waals surface area contributed by atoms with Gasteiger partial charge in [0.2, 0.25) is 0 Å². The molecule has 5 heteroatoms. The normalized spacial score (nSPS) is 20.3. The number of carbonyl (C=O) groups excluding carboxylic acids is 1. The summed E-state index contributed by atoms with van der Waals surface area (Å²) in [5.74, 6) is 1.52. The molecule has 0 spiro atoms. The van der Waals surface area contributed by atoms with Crippen molar-refractivity contribution in [2.45, 2.75) is 43.7 Å². The molecule has 2 atom stereocenters. The molecule has 1 amide bonds. The third kappa shape index (κ3) is 3.83. The minimum Gasteiger partial charge on any atom is -0.493 e. The van der Waals surface area contributed by atoms with Crippen LogP contribution in [0.25, 0.3) is 16.7 Å². The van der Waals surface area contributed by atoms with E-state index in [0.29, 0.717) is 6.61 Å². The molecule has 0 N–H and O–H groups in total. The number of hydrogen-bond donors (Lipinski definition) is 0. The molecule has 1 saturated heterocycles. The SMILES string of the molecule is COc1ccc(C2=CC3CCCC(C2)N3C(=O)OCC2c3ccccc3-c3ccccc32)cc1OC. The Balaban J connectivity index is 1.21. The van der Waals surface area contributed by atoms with Crippen LogP contribution in [0.3, 0.4) is 0 Å². The molecule has 1 fully saturated rings. The predicted molar refractivity (Wildman–Crippen MR) is 140 cm³/mol. The average Bonchev–Trinajstić information content (AvgIpc) is 3.24. The highest BCUT2D eigenvalue weighted by Gasteiger charge is 2.39. The Labute approximate surface area is 212 Å². The summed E-state index contributed by atoms with van der Waals surface area (Å²) in [5, 5.41) is 0. The number of amides is 1. The van der Waals surface area contributed by atoms with Crippen LogP contribution in [0.15, 0.2) is 72.8 Å². The van der Waals surface area contributed by atoms with Crippen LogP contribution in [-0.2, 0) is 4.74 Å². The van der Waals surface area contributed by atoms with Crippen molar-refractivity contribution < 1.29 is 19.0 Å². The van der Waals surface area contributed by atoms with Gasteiger partial charge in [-0.15, -0.1) is 0 Å². The Morgan fingerprint density at radius 2 is 1.58 bits per heavy atom. The molecule has 2 unspecified atom stereocenters. The maximum absolute atomic E-state index is 13.5. The number of piperidine rings is 1. The zero-order valence-corrected chi connectivity index (χ0v) is 20.8. The third-order valence-electron chi connectivity index (χ3n) is 7.94. The van der Waals surface area contributed by atoms with Gasteiger partial charge < -0.3 is 14.2 Å². The molecule has 2 aliphatic heterocycles. The van der Waals surface area contributed by atoms with Crippen molar-refractivity contribution in [3.8, 4) is 22.6 Å². The van der Waals surface area contributed by atoms with Crippen molar-refractivity contribution in [2.75, 3.05) is 20.8 Å². The summed E-state index contributed by atoms with van der Waals surface area (Å²) in [6.45, 7) is 0.356. The number of ether oxygens (including phenoxy) is 3. The molecule has 36 heavy (non-hydrogen) atoms. The van der Waals surface area contributed by atoms with Crippen molar-refractivity contribution in [3.63, 3.8) is 0 Å². The fourth-order valence-corrected chi connectivity index (χ4v) is 6.23. The first kappa shape index (κ1) is 22.7. The highest BCUT2D eigenvalue weighted by molar-refractivity contribution is 5.79. The first-order valence-electron chi connectivity index (χ1n) is 12.7. The zero-order chi connectivity index (χ0) is 24.6. The first-order chi connectivity index (χ1) is 17.7. The summed E-state index contributed by atoms with van der Waals surface area (Å²) in [5.41, 5.74) is 7.34. The van der Waals surface area contributed by atoms with Crippen molar-refractivity contribution in [3.05, 3.63) is 89.5 Å². The van der Waals surface area contributed by atoms with Crippen molar-refractivity contribution in [2.24, 2.45) is 0 Å². The van der Waals surface area contributed by atoms with E-state index in [1.165, 1.54) is 27.8 Å². The van der Waals surface area contributed by atoms with Gasteiger partial charge in [0.25, 0.3) is 0 Å². The first-order valence-corrected chi connectivity index (χ1v) is 12.7. The summed E-state index contributed by atoms with van der Waals surface area (Å²) in [7, 11) is 3.30. The van der Waals surface area contributed by atoms with Crippen LogP contribution in [0.5, 0.6) is 11.5 Å². The van der Waals surface area contributed by atoms with Gasteiger partial charge in [0.05, 0.1) is 20.3 Å². The van der Waals surface area contributed by atoms with Crippen LogP contribution in [0.2, 0.25) is 0 Å². The summed E-state index contributed by atoms with van der Waals surface area (Å²) >= 11 is 0. The van der Waals surface area contributed by atoms with Gasteiger partial charge in [0.1, 0.15) is 6.61 Å². The van der Waals surface area contributed by atoms with Gasteiger partial charge in [-0.2, -0.15) is 0 Å². The van der Waals surface area contributed by atoms with Crippen LogP contribution in [0, 0.1) is 0 Å². The Morgan fingerprint density at radius 1 is 0.889 bits per heavy atom. The maximum Gasteiger partial charge on any atom is 0.410 e. The molecule has 0 saturated carbocycles. The van der Waals surface area contributed by atoms with Gasteiger partial charge in [-0.05, 0) is 71.2 Å². The van der Waals surface area contributed by atoms with E-state index in [9.17, 15) is 4.79 Å². The van der Waals surface area contributed by atoms with Gasteiger partial charge in [-0.1, -0.05) is 60.7 Å². The van der Waals surface area contributed by atoms with Crippen LogP contribution >= 0.6 is 0 Å².